The zero-order valence-electron chi connectivity index (χ0n) is 7.35. The van der Waals surface area contributed by atoms with Crippen LogP contribution in [0.2, 0.25) is 0 Å². The zero-order chi connectivity index (χ0) is 8.72. The predicted molar refractivity (Wildman–Crippen MR) is 51.2 cm³/mol. The summed E-state index contributed by atoms with van der Waals surface area (Å²) in [6.07, 6.45) is 1.12. The molecular weight excluding hydrogens is 218 g/mol. The van der Waals surface area contributed by atoms with Gasteiger partial charge in [0.05, 0.1) is 6.54 Å². The van der Waals surface area contributed by atoms with E-state index in [9.17, 15) is 0 Å². The van der Waals surface area contributed by atoms with Crippen molar-refractivity contribution < 1.29 is 4.42 Å². The molecule has 0 fully saturated rings. The van der Waals surface area contributed by atoms with Crippen LogP contribution in [0.25, 0.3) is 0 Å². The average Bonchev–Trinajstić information content (AvgIpc) is 2.28. The van der Waals surface area contributed by atoms with Crippen LogP contribution in [-0.4, -0.2) is 18.5 Å². The first kappa shape index (κ1) is 8.32. The van der Waals surface area contributed by atoms with E-state index in [1.54, 1.807) is 0 Å². The normalized spacial score (nSPS) is 17.9. The van der Waals surface area contributed by atoms with Crippen molar-refractivity contribution in [1.29, 1.82) is 0 Å². The molecule has 0 saturated carbocycles. The predicted octanol–water partition coefficient (Wildman–Crippen LogP) is 2.34. The van der Waals surface area contributed by atoms with Gasteiger partial charge in [0, 0.05) is 17.7 Å². The molecule has 66 valence electrons. The molecule has 2 rings (SSSR count). The Balaban J connectivity index is 2.43. The molecule has 1 aliphatic rings. The number of likely N-dealkylation sites (N-methyl/N-ethyl adjacent to an activating group) is 1. The SMILES string of the molecule is Cc1c(Br)oc2c1CCN(C)C2. The molecule has 0 bridgehead atoms. The van der Waals surface area contributed by atoms with Crippen LogP contribution in [0.3, 0.4) is 0 Å². The van der Waals surface area contributed by atoms with Crippen LogP contribution in [0.1, 0.15) is 16.9 Å². The fraction of sp³-hybridized carbons (Fsp3) is 0.556. The molecule has 0 unspecified atom stereocenters. The van der Waals surface area contributed by atoms with Crippen LogP contribution in [-0.2, 0) is 13.0 Å². The fourth-order valence-corrected chi connectivity index (χ4v) is 2.09. The van der Waals surface area contributed by atoms with Gasteiger partial charge in [-0.3, -0.25) is 4.90 Å². The molecule has 0 saturated heterocycles. The van der Waals surface area contributed by atoms with Gasteiger partial charge in [0.15, 0.2) is 4.67 Å². The second-order valence-electron chi connectivity index (χ2n) is 3.39. The third kappa shape index (κ3) is 1.21. The minimum Gasteiger partial charge on any atom is -0.452 e. The van der Waals surface area contributed by atoms with E-state index in [4.69, 9.17) is 4.42 Å². The summed E-state index contributed by atoms with van der Waals surface area (Å²) in [4.78, 5) is 2.28. The Morgan fingerprint density at radius 1 is 1.50 bits per heavy atom. The quantitative estimate of drug-likeness (QED) is 0.680. The molecule has 0 radical (unpaired) electrons. The molecule has 2 nitrogen and oxygen atoms in total. The highest BCUT2D eigenvalue weighted by Gasteiger charge is 2.20. The lowest BCUT2D eigenvalue weighted by Crippen LogP contribution is -2.25. The molecule has 1 aliphatic heterocycles. The largest absolute Gasteiger partial charge is 0.452 e. The van der Waals surface area contributed by atoms with Crippen molar-refractivity contribution in [2.45, 2.75) is 19.9 Å². The third-order valence-electron chi connectivity index (χ3n) is 2.45. The molecule has 12 heavy (non-hydrogen) atoms. The van der Waals surface area contributed by atoms with E-state index in [-0.39, 0.29) is 0 Å². The van der Waals surface area contributed by atoms with Gasteiger partial charge in [-0.1, -0.05) is 0 Å². The Bertz CT molecular complexity index is 306. The minimum absolute atomic E-state index is 0.905. The number of halogens is 1. The Labute approximate surface area is 80.7 Å². The van der Waals surface area contributed by atoms with E-state index >= 15 is 0 Å². The van der Waals surface area contributed by atoms with Gasteiger partial charge in [0.25, 0.3) is 0 Å². The monoisotopic (exact) mass is 229 g/mol. The highest BCUT2D eigenvalue weighted by atomic mass is 79.9. The van der Waals surface area contributed by atoms with Gasteiger partial charge < -0.3 is 4.42 Å². The lowest BCUT2D eigenvalue weighted by atomic mass is 10.1. The number of rotatable bonds is 0. The minimum atomic E-state index is 0.905. The second kappa shape index (κ2) is 2.89. The van der Waals surface area contributed by atoms with Crippen LogP contribution in [0.5, 0.6) is 0 Å². The van der Waals surface area contributed by atoms with Gasteiger partial charge in [-0.15, -0.1) is 0 Å². The Kier molecular flexibility index (Phi) is 2.00. The highest BCUT2D eigenvalue weighted by molar-refractivity contribution is 9.10. The Hall–Kier alpha value is -0.280. The van der Waals surface area contributed by atoms with Gasteiger partial charge in [-0.25, -0.2) is 0 Å². The lowest BCUT2D eigenvalue weighted by Gasteiger charge is -2.20. The summed E-state index contributed by atoms with van der Waals surface area (Å²) >= 11 is 3.41. The van der Waals surface area contributed by atoms with Gasteiger partial charge >= 0.3 is 0 Å². The smallest absolute Gasteiger partial charge is 0.172 e. The van der Waals surface area contributed by atoms with Crippen LogP contribution >= 0.6 is 15.9 Å². The van der Waals surface area contributed by atoms with Gasteiger partial charge in [0.2, 0.25) is 0 Å². The third-order valence-corrected chi connectivity index (χ3v) is 3.21. The van der Waals surface area contributed by atoms with Crippen LogP contribution in [0.4, 0.5) is 0 Å². The van der Waals surface area contributed by atoms with Crippen molar-refractivity contribution >= 4 is 15.9 Å². The van der Waals surface area contributed by atoms with Crippen molar-refractivity contribution in [3.05, 3.63) is 21.6 Å². The van der Waals surface area contributed by atoms with Crippen molar-refractivity contribution in [3.8, 4) is 0 Å². The molecule has 2 heterocycles. The number of fused-ring (bicyclic) bond motifs is 1. The standard InChI is InChI=1S/C9H12BrNO/c1-6-7-3-4-11(2)5-8(7)12-9(6)10/h3-5H2,1-2H3. The molecule has 0 aliphatic carbocycles. The van der Waals surface area contributed by atoms with E-state index in [2.05, 4.69) is 34.8 Å². The van der Waals surface area contributed by atoms with Gasteiger partial charge in [0.1, 0.15) is 5.76 Å². The van der Waals surface area contributed by atoms with E-state index in [0.29, 0.717) is 0 Å². The van der Waals surface area contributed by atoms with E-state index in [1.165, 1.54) is 11.1 Å². The highest BCUT2D eigenvalue weighted by Crippen LogP contribution is 2.30. The maximum atomic E-state index is 5.58. The number of furan rings is 1. The van der Waals surface area contributed by atoms with Crippen LogP contribution in [0, 0.1) is 6.92 Å². The summed E-state index contributed by atoms with van der Waals surface area (Å²) in [5, 5.41) is 0. The van der Waals surface area contributed by atoms with Crippen LogP contribution in [0.15, 0.2) is 9.09 Å². The molecule has 3 heteroatoms. The number of hydrogen-bond donors (Lipinski definition) is 0. The first-order chi connectivity index (χ1) is 5.68. The summed E-state index contributed by atoms with van der Waals surface area (Å²) in [5.41, 5.74) is 2.68. The number of nitrogens with zero attached hydrogens (tertiary/aromatic N) is 1. The molecule has 0 N–H and O–H groups in total. The topological polar surface area (TPSA) is 16.4 Å². The van der Waals surface area contributed by atoms with Crippen molar-refractivity contribution in [3.63, 3.8) is 0 Å². The summed E-state index contributed by atoms with van der Waals surface area (Å²) in [6, 6.07) is 0. The van der Waals surface area contributed by atoms with E-state index in [0.717, 1.165) is 29.9 Å². The molecule has 0 amide bonds. The summed E-state index contributed by atoms with van der Waals surface area (Å²) in [6.45, 7) is 4.19. The average molecular weight is 230 g/mol. The molecule has 0 spiro atoms. The van der Waals surface area contributed by atoms with E-state index in [1.807, 2.05) is 0 Å². The Morgan fingerprint density at radius 2 is 2.25 bits per heavy atom. The van der Waals surface area contributed by atoms with Gasteiger partial charge in [-0.2, -0.15) is 0 Å². The fourth-order valence-electron chi connectivity index (χ4n) is 1.66. The second-order valence-corrected chi connectivity index (χ2v) is 4.11. The molecule has 0 aromatic carbocycles. The maximum absolute atomic E-state index is 5.58. The summed E-state index contributed by atoms with van der Waals surface area (Å²) in [7, 11) is 2.12. The van der Waals surface area contributed by atoms with Crippen molar-refractivity contribution in [2.24, 2.45) is 0 Å². The first-order valence-corrected chi connectivity index (χ1v) is 4.93. The zero-order valence-corrected chi connectivity index (χ0v) is 8.94. The summed E-state index contributed by atoms with van der Waals surface area (Å²) in [5.74, 6) is 1.13. The molecule has 1 aromatic heterocycles. The van der Waals surface area contributed by atoms with Crippen molar-refractivity contribution in [1.82, 2.24) is 4.90 Å². The summed E-state index contributed by atoms with van der Waals surface area (Å²) < 4.78 is 6.49. The Morgan fingerprint density at radius 3 is 3.00 bits per heavy atom. The van der Waals surface area contributed by atoms with Gasteiger partial charge in [-0.05, 0) is 36.3 Å². The molecule has 0 atom stereocenters. The maximum Gasteiger partial charge on any atom is 0.172 e. The van der Waals surface area contributed by atoms with Crippen LogP contribution < -0.4 is 0 Å². The van der Waals surface area contributed by atoms with Crippen molar-refractivity contribution in [2.75, 3.05) is 13.6 Å². The lowest BCUT2D eigenvalue weighted by molar-refractivity contribution is 0.275. The number of hydrogen-bond acceptors (Lipinski definition) is 2. The van der Waals surface area contributed by atoms with E-state index < -0.39 is 0 Å². The molecule has 1 aromatic rings. The first-order valence-electron chi connectivity index (χ1n) is 4.13. The molecular formula is C9H12BrNO.